The Balaban J connectivity index is 1.65. The monoisotopic (exact) mass is 429 g/mol. The first-order valence-electron chi connectivity index (χ1n) is 9.18. The van der Waals surface area contributed by atoms with Crippen LogP contribution in [0, 0.1) is 6.92 Å². The molecule has 2 aromatic heterocycles. The minimum Gasteiger partial charge on any atom is -0.439 e. The summed E-state index contributed by atoms with van der Waals surface area (Å²) in [6.07, 6.45) is 1.43. The maximum absolute atomic E-state index is 12.4. The van der Waals surface area contributed by atoms with Gasteiger partial charge >= 0.3 is 0 Å². The highest BCUT2D eigenvalue weighted by molar-refractivity contribution is 7.89. The molecule has 9 heteroatoms. The van der Waals surface area contributed by atoms with Gasteiger partial charge in [0.1, 0.15) is 5.75 Å². The van der Waals surface area contributed by atoms with E-state index >= 15 is 0 Å². The number of aromatic nitrogens is 1. The molecule has 0 radical (unpaired) electrons. The number of furan rings is 1. The van der Waals surface area contributed by atoms with Gasteiger partial charge in [0.2, 0.25) is 11.0 Å². The lowest BCUT2D eigenvalue weighted by Crippen LogP contribution is -2.40. The standard InChI is InChI=1S/C21H23N3O5S/c1-14-5-8-16(9-6-14)28-18-11-7-15(13-22-18)23-20(25)17-10-12-19(29-17)30(26,27)24-21(2,3)4/h5-13,24H,1-4H3,(H,23,25). The molecule has 2 heterocycles. The van der Waals surface area contributed by atoms with Crippen LogP contribution in [0.1, 0.15) is 36.9 Å². The molecule has 0 aliphatic heterocycles. The Bertz CT molecular complexity index is 1130. The van der Waals surface area contributed by atoms with Gasteiger partial charge in [-0.05, 0) is 58.0 Å². The highest BCUT2D eigenvalue weighted by atomic mass is 32.2. The second-order valence-electron chi connectivity index (χ2n) is 7.73. The van der Waals surface area contributed by atoms with E-state index in [1.807, 2.05) is 31.2 Å². The lowest BCUT2D eigenvalue weighted by molar-refractivity contribution is 0.0991. The number of nitrogens with zero attached hydrogens (tertiary/aromatic N) is 1. The van der Waals surface area contributed by atoms with E-state index in [0.717, 1.165) is 5.56 Å². The number of benzene rings is 1. The van der Waals surface area contributed by atoms with E-state index in [1.165, 1.54) is 18.3 Å². The van der Waals surface area contributed by atoms with Crippen molar-refractivity contribution in [2.45, 2.75) is 38.3 Å². The van der Waals surface area contributed by atoms with Crippen LogP contribution in [-0.4, -0.2) is 24.8 Å². The fourth-order valence-electron chi connectivity index (χ4n) is 2.47. The molecule has 3 aromatic rings. The Hall–Kier alpha value is -3.17. The summed E-state index contributed by atoms with van der Waals surface area (Å²) >= 11 is 0. The molecule has 0 aliphatic carbocycles. The number of rotatable bonds is 6. The van der Waals surface area contributed by atoms with Crippen LogP contribution in [0.2, 0.25) is 0 Å². The normalized spacial score (nSPS) is 11.9. The summed E-state index contributed by atoms with van der Waals surface area (Å²) in [4.78, 5) is 16.5. The van der Waals surface area contributed by atoms with Crippen LogP contribution < -0.4 is 14.8 Å². The smallest absolute Gasteiger partial charge is 0.291 e. The molecule has 158 valence electrons. The molecule has 1 amide bonds. The first-order chi connectivity index (χ1) is 14.0. The van der Waals surface area contributed by atoms with Crippen molar-refractivity contribution < 1.29 is 22.4 Å². The van der Waals surface area contributed by atoms with Crippen molar-refractivity contribution in [2.24, 2.45) is 0 Å². The van der Waals surface area contributed by atoms with Gasteiger partial charge in [-0.25, -0.2) is 18.1 Å². The average Bonchev–Trinajstić information content (AvgIpc) is 3.15. The number of sulfonamides is 1. The minimum absolute atomic E-state index is 0.135. The van der Waals surface area contributed by atoms with Crippen molar-refractivity contribution in [2.75, 3.05) is 5.32 Å². The minimum atomic E-state index is -3.87. The molecule has 0 atom stereocenters. The van der Waals surface area contributed by atoms with Crippen molar-refractivity contribution in [1.82, 2.24) is 9.71 Å². The van der Waals surface area contributed by atoms with Gasteiger partial charge in [0.15, 0.2) is 5.76 Å². The molecule has 0 unspecified atom stereocenters. The van der Waals surface area contributed by atoms with E-state index in [1.54, 1.807) is 32.9 Å². The van der Waals surface area contributed by atoms with Crippen molar-refractivity contribution >= 4 is 21.6 Å². The summed E-state index contributed by atoms with van der Waals surface area (Å²) in [5.74, 6) is 0.292. The van der Waals surface area contributed by atoms with E-state index in [0.29, 0.717) is 17.3 Å². The summed E-state index contributed by atoms with van der Waals surface area (Å²) in [5.41, 5.74) is 0.851. The van der Waals surface area contributed by atoms with Gasteiger partial charge in [-0.15, -0.1) is 0 Å². The third kappa shape index (κ3) is 5.68. The maximum atomic E-state index is 12.4. The lowest BCUT2D eigenvalue weighted by atomic mass is 10.1. The lowest BCUT2D eigenvalue weighted by Gasteiger charge is -2.18. The summed E-state index contributed by atoms with van der Waals surface area (Å²) in [6, 6.07) is 13.3. The Morgan fingerprint density at radius 3 is 2.33 bits per heavy atom. The molecule has 2 N–H and O–H groups in total. The van der Waals surface area contributed by atoms with Crippen molar-refractivity contribution in [3.63, 3.8) is 0 Å². The van der Waals surface area contributed by atoms with Gasteiger partial charge < -0.3 is 14.5 Å². The van der Waals surface area contributed by atoms with Crippen molar-refractivity contribution in [1.29, 1.82) is 0 Å². The molecule has 0 saturated carbocycles. The van der Waals surface area contributed by atoms with E-state index in [2.05, 4.69) is 15.0 Å². The highest BCUT2D eigenvalue weighted by Crippen LogP contribution is 2.22. The Morgan fingerprint density at radius 2 is 1.73 bits per heavy atom. The number of nitrogens with one attached hydrogen (secondary N) is 2. The van der Waals surface area contributed by atoms with Crippen LogP contribution in [0.15, 0.2) is 64.2 Å². The van der Waals surface area contributed by atoms with Crippen LogP contribution in [0.4, 0.5) is 5.69 Å². The zero-order valence-corrected chi connectivity index (χ0v) is 17.9. The molecule has 0 aliphatic rings. The van der Waals surface area contributed by atoms with Crippen LogP contribution in [-0.2, 0) is 10.0 Å². The summed E-state index contributed by atoms with van der Waals surface area (Å²) in [6.45, 7) is 7.11. The predicted molar refractivity (Wildman–Crippen MR) is 112 cm³/mol. The SMILES string of the molecule is Cc1ccc(Oc2ccc(NC(=O)c3ccc(S(=O)(=O)NC(C)(C)C)o3)cn2)cc1. The van der Waals surface area contributed by atoms with Crippen LogP contribution >= 0.6 is 0 Å². The van der Waals surface area contributed by atoms with Gasteiger partial charge in [-0.2, -0.15) is 0 Å². The number of hydrogen-bond donors (Lipinski definition) is 2. The molecule has 0 bridgehead atoms. The van der Waals surface area contributed by atoms with Crippen molar-refractivity contribution in [3.8, 4) is 11.6 Å². The van der Waals surface area contributed by atoms with E-state index in [9.17, 15) is 13.2 Å². The molecule has 0 spiro atoms. The summed E-state index contributed by atoms with van der Waals surface area (Å²) in [5, 5.41) is 2.27. The second kappa shape index (κ2) is 8.29. The van der Waals surface area contributed by atoms with Gasteiger partial charge in [0, 0.05) is 11.6 Å². The number of pyridine rings is 1. The van der Waals surface area contributed by atoms with Crippen LogP contribution in [0.5, 0.6) is 11.6 Å². The molecule has 0 fully saturated rings. The largest absolute Gasteiger partial charge is 0.439 e. The Kier molecular flexibility index (Phi) is 5.95. The zero-order chi connectivity index (χ0) is 21.9. The Labute approximate surface area is 175 Å². The second-order valence-corrected chi connectivity index (χ2v) is 9.34. The topological polar surface area (TPSA) is 111 Å². The Morgan fingerprint density at radius 1 is 1.03 bits per heavy atom. The first kappa shape index (κ1) is 21.5. The predicted octanol–water partition coefficient (Wildman–Crippen LogP) is 4.10. The zero-order valence-electron chi connectivity index (χ0n) is 17.1. The molecule has 1 aromatic carbocycles. The van der Waals surface area contributed by atoms with E-state index in [-0.39, 0.29) is 10.9 Å². The quantitative estimate of drug-likeness (QED) is 0.610. The molecular formula is C21H23N3O5S. The molecule has 0 saturated heterocycles. The number of ether oxygens (including phenoxy) is 1. The first-order valence-corrected chi connectivity index (χ1v) is 10.7. The molecule has 30 heavy (non-hydrogen) atoms. The van der Waals surface area contributed by atoms with Gasteiger partial charge in [0.05, 0.1) is 11.9 Å². The van der Waals surface area contributed by atoms with E-state index < -0.39 is 21.5 Å². The summed E-state index contributed by atoms with van der Waals surface area (Å²) in [7, 11) is -3.87. The third-order valence-corrected chi connectivity index (χ3v) is 5.38. The fourth-order valence-corrected chi connectivity index (χ4v) is 3.83. The third-order valence-electron chi connectivity index (χ3n) is 3.75. The summed E-state index contributed by atoms with van der Waals surface area (Å²) < 4.78 is 37.9. The van der Waals surface area contributed by atoms with Crippen LogP contribution in [0.25, 0.3) is 0 Å². The molecular weight excluding hydrogens is 406 g/mol. The van der Waals surface area contributed by atoms with Crippen molar-refractivity contribution in [3.05, 3.63) is 66.1 Å². The highest BCUT2D eigenvalue weighted by Gasteiger charge is 2.26. The number of carbonyl (C=O) groups is 1. The number of anilines is 1. The van der Waals surface area contributed by atoms with Gasteiger partial charge in [-0.3, -0.25) is 4.79 Å². The van der Waals surface area contributed by atoms with E-state index in [4.69, 9.17) is 9.15 Å². The van der Waals surface area contributed by atoms with Crippen LogP contribution in [0.3, 0.4) is 0 Å². The number of carbonyl (C=O) groups excluding carboxylic acids is 1. The number of amides is 1. The molecule has 8 nitrogen and oxygen atoms in total. The molecule has 3 rings (SSSR count). The van der Waals surface area contributed by atoms with Gasteiger partial charge in [0.25, 0.3) is 15.9 Å². The average molecular weight is 429 g/mol. The number of hydrogen-bond acceptors (Lipinski definition) is 6. The maximum Gasteiger partial charge on any atom is 0.291 e. The van der Waals surface area contributed by atoms with Gasteiger partial charge in [-0.1, -0.05) is 17.7 Å². The fraction of sp³-hybridized carbons (Fsp3) is 0.238. The number of aryl methyl sites for hydroxylation is 1.